The molecule has 0 unspecified atom stereocenters. The topological polar surface area (TPSA) is 59.3 Å². The minimum atomic E-state index is 0.0923. The highest BCUT2D eigenvalue weighted by atomic mass is 16.5. The van der Waals surface area contributed by atoms with Gasteiger partial charge in [0.2, 0.25) is 0 Å². The molecule has 0 bridgehead atoms. The van der Waals surface area contributed by atoms with Crippen LogP contribution in [0.3, 0.4) is 0 Å². The van der Waals surface area contributed by atoms with Crippen molar-refractivity contribution in [3.8, 4) is 0 Å². The third-order valence-corrected chi connectivity index (χ3v) is 2.14. The Morgan fingerprint density at radius 3 is 3.00 bits per heavy atom. The number of ether oxygens (including phenoxy) is 1. The standard InChI is InChI=1S/C10H19N3O2/c1-13-10(3-5-12-13)2-4-11-6-8-15-9-7-14/h3,5,11,14H,2,4,6-9H2,1H3. The van der Waals surface area contributed by atoms with E-state index in [9.17, 15) is 0 Å². The molecular formula is C10H19N3O2. The van der Waals surface area contributed by atoms with Crippen LogP contribution in [0.2, 0.25) is 0 Å². The highest BCUT2D eigenvalue weighted by Crippen LogP contribution is 1.95. The van der Waals surface area contributed by atoms with Gasteiger partial charge in [0.05, 0.1) is 19.8 Å². The average molecular weight is 213 g/mol. The molecule has 5 nitrogen and oxygen atoms in total. The van der Waals surface area contributed by atoms with Crippen molar-refractivity contribution in [2.75, 3.05) is 32.9 Å². The van der Waals surface area contributed by atoms with Crippen molar-refractivity contribution in [1.82, 2.24) is 15.1 Å². The highest BCUT2D eigenvalue weighted by molar-refractivity contribution is 5.00. The molecule has 0 aliphatic heterocycles. The first kappa shape index (κ1) is 12.2. The molecule has 86 valence electrons. The number of hydrogen-bond acceptors (Lipinski definition) is 4. The summed E-state index contributed by atoms with van der Waals surface area (Å²) in [6.45, 7) is 2.89. The van der Waals surface area contributed by atoms with Crippen LogP contribution in [0.5, 0.6) is 0 Å². The van der Waals surface area contributed by atoms with Crippen molar-refractivity contribution in [3.63, 3.8) is 0 Å². The minimum absolute atomic E-state index is 0.0923. The molecule has 0 aliphatic carbocycles. The zero-order chi connectivity index (χ0) is 10.9. The molecule has 15 heavy (non-hydrogen) atoms. The van der Waals surface area contributed by atoms with Crippen molar-refractivity contribution in [2.45, 2.75) is 6.42 Å². The molecule has 0 aromatic carbocycles. The zero-order valence-electron chi connectivity index (χ0n) is 9.15. The van der Waals surface area contributed by atoms with Crippen LogP contribution in [-0.4, -0.2) is 47.8 Å². The molecule has 0 amide bonds. The van der Waals surface area contributed by atoms with Gasteiger partial charge in [-0.15, -0.1) is 0 Å². The molecule has 0 saturated carbocycles. The molecule has 1 aromatic heterocycles. The highest BCUT2D eigenvalue weighted by Gasteiger charge is 1.96. The van der Waals surface area contributed by atoms with Gasteiger partial charge in [-0.2, -0.15) is 5.10 Å². The zero-order valence-corrected chi connectivity index (χ0v) is 9.15. The van der Waals surface area contributed by atoms with Crippen molar-refractivity contribution >= 4 is 0 Å². The molecule has 1 rings (SSSR count). The lowest BCUT2D eigenvalue weighted by molar-refractivity contribution is 0.0940. The van der Waals surface area contributed by atoms with E-state index in [4.69, 9.17) is 9.84 Å². The number of rotatable bonds is 8. The van der Waals surface area contributed by atoms with E-state index in [1.807, 2.05) is 17.8 Å². The summed E-state index contributed by atoms with van der Waals surface area (Å²) in [4.78, 5) is 0. The first-order valence-corrected chi connectivity index (χ1v) is 5.21. The van der Waals surface area contributed by atoms with Gasteiger partial charge in [0, 0.05) is 38.4 Å². The summed E-state index contributed by atoms with van der Waals surface area (Å²) in [5, 5.41) is 15.8. The van der Waals surface area contributed by atoms with Gasteiger partial charge in [0.1, 0.15) is 0 Å². The van der Waals surface area contributed by atoms with Gasteiger partial charge in [-0.1, -0.05) is 0 Å². The molecular weight excluding hydrogens is 194 g/mol. The molecule has 0 aliphatic rings. The lowest BCUT2D eigenvalue weighted by atomic mass is 10.3. The fraction of sp³-hybridized carbons (Fsp3) is 0.700. The molecule has 0 spiro atoms. The maximum absolute atomic E-state index is 8.47. The Morgan fingerprint density at radius 1 is 1.47 bits per heavy atom. The van der Waals surface area contributed by atoms with E-state index in [2.05, 4.69) is 10.4 Å². The minimum Gasteiger partial charge on any atom is -0.394 e. The van der Waals surface area contributed by atoms with Crippen LogP contribution in [0.4, 0.5) is 0 Å². The van der Waals surface area contributed by atoms with Gasteiger partial charge in [-0.05, 0) is 6.07 Å². The Kier molecular flexibility index (Phi) is 5.99. The van der Waals surface area contributed by atoms with E-state index in [1.54, 1.807) is 6.20 Å². The summed E-state index contributed by atoms with van der Waals surface area (Å²) >= 11 is 0. The van der Waals surface area contributed by atoms with Gasteiger partial charge in [-0.3, -0.25) is 4.68 Å². The second-order valence-corrected chi connectivity index (χ2v) is 3.28. The fourth-order valence-electron chi connectivity index (χ4n) is 1.30. The maximum Gasteiger partial charge on any atom is 0.0698 e. The van der Waals surface area contributed by atoms with Gasteiger partial charge in [0.15, 0.2) is 0 Å². The molecule has 0 saturated heterocycles. The monoisotopic (exact) mass is 213 g/mol. The summed E-state index contributed by atoms with van der Waals surface area (Å²) in [6, 6.07) is 2.02. The van der Waals surface area contributed by atoms with Crippen molar-refractivity contribution in [3.05, 3.63) is 18.0 Å². The van der Waals surface area contributed by atoms with Crippen LogP contribution in [0, 0.1) is 0 Å². The van der Waals surface area contributed by atoms with Crippen LogP contribution in [0.25, 0.3) is 0 Å². The van der Waals surface area contributed by atoms with Crippen molar-refractivity contribution in [2.24, 2.45) is 7.05 Å². The molecule has 0 fully saturated rings. The summed E-state index contributed by atoms with van der Waals surface area (Å²) < 4.78 is 6.99. The smallest absolute Gasteiger partial charge is 0.0698 e. The number of aliphatic hydroxyl groups excluding tert-OH is 1. The Morgan fingerprint density at radius 2 is 2.33 bits per heavy atom. The third-order valence-electron chi connectivity index (χ3n) is 2.14. The number of aromatic nitrogens is 2. The first-order chi connectivity index (χ1) is 7.34. The normalized spacial score (nSPS) is 10.8. The number of nitrogens with zero attached hydrogens (tertiary/aromatic N) is 2. The Labute approximate surface area is 90.1 Å². The summed E-state index contributed by atoms with van der Waals surface area (Å²) in [5.41, 5.74) is 1.22. The van der Waals surface area contributed by atoms with Crippen LogP contribution in [0.15, 0.2) is 12.3 Å². The Balaban J connectivity index is 1.96. The molecule has 0 radical (unpaired) electrons. The predicted octanol–water partition coefficient (Wildman–Crippen LogP) is -0.439. The summed E-state index contributed by atoms with van der Waals surface area (Å²) in [6.07, 6.45) is 2.77. The lowest BCUT2D eigenvalue weighted by Crippen LogP contribution is -2.23. The first-order valence-electron chi connectivity index (χ1n) is 5.21. The van der Waals surface area contributed by atoms with Crippen LogP contribution < -0.4 is 5.32 Å². The Hall–Kier alpha value is -0.910. The van der Waals surface area contributed by atoms with Crippen molar-refractivity contribution in [1.29, 1.82) is 0 Å². The quantitative estimate of drug-likeness (QED) is 0.575. The fourth-order valence-corrected chi connectivity index (χ4v) is 1.30. The predicted molar refractivity (Wildman–Crippen MR) is 57.7 cm³/mol. The van der Waals surface area contributed by atoms with E-state index in [0.29, 0.717) is 13.2 Å². The van der Waals surface area contributed by atoms with Gasteiger partial charge in [0.25, 0.3) is 0 Å². The second kappa shape index (κ2) is 7.39. The number of aliphatic hydroxyl groups is 1. The third kappa shape index (κ3) is 4.92. The largest absolute Gasteiger partial charge is 0.394 e. The number of hydrogen-bond donors (Lipinski definition) is 2. The summed E-state index contributed by atoms with van der Waals surface area (Å²) in [7, 11) is 1.94. The molecule has 1 aromatic rings. The van der Waals surface area contributed by atoms with E-state index in [-0.39, 0.29) is 6.61 Å². The summed E-state index contributed by atoms with van der Waals surface area (Å²) in [5.74, 6) is 0. The molecule has 1 heterocycles. The average Bonchev–Trinajstić information content (AvgIpc) is 2.63. The van der Waals surface area contributed by atoms with E-state index < -0.39 is 0 Å². The van der Waals surface area contributed by atoms with Gasteiger partial charge >= 0.3 is 0 Å². The lowest BCUT2D eigenvalue weighted by Gasteiger charge is -2.05. The molecule has 2 N–H and O–H groups in total. The van der Waals surface area contributed by atoms with E-state index in [1.165, 1.54) is 5.69 Å². The van der Waals surface area contributed by atoms with Crippen LogP contribution in [-0.2, 0) is 18.2 Å². The SMILES string of the molecule is Cn1nccc1CCNCCOCCO. The van der Waals surface area contributed by atoms with E-state index in [0.717, 1.165) is 19.5 Å². The van der Waals surface area contributed by atoms with Crippen LogP contribution >= 0.6 is 0 Å². The molecule has 5 heteroatoms. The van der Waals surface area contributed by atoms with E-state index >= 15 is 0 Å². The number of aryl methyl sites for hydroxylation is 1. The van der Waals surface area contributed by atoms with Crippen molar-refractivity contribution < 1.29 is 9.84 Å². The number of nitrogens with one attached hydrogen (secondary N) is 1. The van der Waals surface area contributed by atoms with Gasteiger partial charge < -0.3 is 15.2 Å². The second-order valence-electron chi connectivity index (χ2n) is 3.28. The Bertz CT molecular complexity index is 263. The van der Waals surface area contributed by atoms with Crippen LogP contribution in [0.1, 0.15) is 5.69 Å². The maximum atomic E-state index is 8.47. The molecule has 0 atom stereocenters. The van der Waals surface area contributed by atoms with Gasteiger partial charge in [-0.25, -0.2) is 0 Å².